The van der Waals surface area contributed by atoms with E-state index in [-0.39, 0.29) is 0 Å². The lowest BCUT2D eigenvalue weighted by Crippen LogP contribution is -1.84. The molecule has 0 spiro atoms. The molecule has 0 aliphatic carbocycles. The zero-order chi connectivity index (χ0) is 26.2. The predicted octanol–water partition coefficient (Wildman–Crippen LogP) is 9.38. The second-order valence-electron chi connectivity index (χ2n) is 9.46. The maximum atomic E-state index is 9.03. The smallest absolute Gasteiger partial charge is 0.170 e. The Kier molecular flexibility index (Phi) is 5.70. The zero-order valence-corrected chi connectivity index (χ0v) is 21.7. The molecule has 2 heterocycles. The first-order valence-corrected chi connectivity index (χ1v) is 13.5. The van der Waals surface area contributed by atoms with Crippen LogP contribution in [0, 0.1) is 11.3 Å². The third-order valence-electron chi connectivity index (χ3n) is 7.04. The van der Waals surface area contributed by atoms with E-state index in [4.69, 9.17) is 5.26 Å². The van der Waals surface area contributed by atoms with Crippen LogP contribution in [0.2, 0.25) is 0 Å². The zero-order valence-electron chi connectivity index (χ0n) is 20.9. The van der Waals surface area contributed by atoms with Crippen LogP contribution in [0.25, 0.3) is 65.1 Å². The average molecular weight is 516 g/mol. The number of rotatable bonds is 4. The van der Waals surface area contributed by atoms with E-state index in [1.54, 1.807) is 17.5 Å². The number of pyridine rings is 1. The van der Waals surface area contributed by atoms with Gasteiger partial charge in [0.15, 0.2) is 5.65 Å². The molecule has 7 aromatic rings. The highest BCUT2D eigenvalue weighted by molar-refractivity contribution is 7.21. The van der Waals surface area contributed by atoms with Gasteiger partial charge in [0.25, 0.3) is 0 Å². The SMILES string of the molecule is N#Cc1ccc(-c2ccc(-c3ccc4cc(-c5ccc(-c6nc7ncccc7s6)cc5)ccc4c3)cc2)cc1. The molecule has 2 aromatic heterocycles. The van der Waals surface area contributed by atoms with E-state index in [9.17, 15) is 0 Å². The summed E-state index contributed by atoms with van der Waals surface area (Å²) in [5, 5.41) is 12.4. The summed E-state index contributed by atoms with van der Waals surface area (Å²) in [5.41, 5.74) is 9.58. The first-order valence-electron chi connectivity index (χ1n) is 12.7. The Morgan fingerprint density at radius 1 is 0.538 bits per heavy atom. The van der Waals surface area contributed by atoms with E-state index in [1.807, 2.05) is 30.3 Å². The second kappa shape index (κ2) is 9.64. The Balaban J connectivity index is 1.13. The van der Waals surface area contributed by atoms with Gasteiger partial charge in [-0.15, -0.1) is 11.3 Å². The summed E-state index contributed by atoms with van der Waals surface area (Å²) in [5.74, 6) is 0. The van der Waals surface area contributed by atoms with Gasteiger partial charge in [0.1, 0.15) is 5.01 Å². The number of aromatic nitrogens is 2. The number of nitrogens with zero attached hydrogens (tertiary/aromatic N) is 3. The number of thiazole rings is 1. The molecule has 39 heavy (non-hydrogen) atoms. The lowest BCUT2D eigenvalue weighted by molar-refractivity contribution is 1.33. The van der Waals surface area contributed by atoms with Crippen molar-refractivity contribution in [2.75, 3.05) is 0 Å². The van der Waals surface area contributed by atoms with Gasteiger partial charge in [-0.3, -0.25) is 0 Å². The van der Waals surface area contributed by atoms with Crippen LogP contribution in [-0.2, 0) is 0 Å². The van der Waals surface area contributed by atoms with Crippen LogP contribution in [0.3, 0.4) is 0 Å². The van der Waals surface area contributed by atoms with Gasteiger partial charge in [-0.25, -0.2) is 9.97 Å². The molecule has 0 saturated heterocycles. The monoisotopic (exact) mass is 515 g/mol. The van der Waals surface area contributed by atoms with Crippen molar-refractivity contribution < 1.29 is 0 Å². The van der Waals surface area contributed by atoms with Crippen molar-refractivity contribution in [3.05, 3.63) is 133 Å². The van der Waals surface area contributed by atoms with E-state index in [1.165, 1.54) is 33.0 Å². The van der Waals surface area contributed by atoms with Crippen molar-refractivity contribution in [3.63, 3.8) is 0 Å². The van der Waals surface area contributed by atoms with Gasteiger partial charge >= 0.3 is 0 Å². The predicted molar refractivity (Wildman–Crippen MR) is 161 cm³/mol. The molecule has 3 nitrogen and oxygen atoms in total. The molecule has 0 amide bonds. The summed E-state index contributed by atoms with van der Waals surface area (Å²) in [6, 6.07) is 44.4. The molecule has 4 heteroatoms. The van der Waals surface area contributed by atoms with Gasteiger partial charge in [-0.2, -0.15) is 5.26 Å². The molecule has 0 fully saturated rings. The van der Waals surface area contributed by atoms with Crippen LogP contribution in [0.4, 0.5) is 0 Å². The van der Waals surface area contributed by atoms with Crippen LogP contribution in [0.15, 0.2) is 128 Å². The lowest BCUT2D eigenvalue weighted by Gasteiger charge is -2.09. The summed E-state index contributed by atoms with van der Waals surface area (Å²) in [6.45, 7) is 0. The fourth-order valence-corrected chi connectivity index (χ4v) is 5.83. The largest absolute Gasteiger partial charge is 0.236 e. The number of benzene rings is 5. The molecule has 0 atom stereocenters. The van der Waals surface area contributed by atoms with Gasteiger partial charge < -0.3 is 0 Å². The van der Waals surface area contributed by atoms with Crippen molar-refractivity contribution in [2.45, 2.75) is 0 Å². The molecule has 7 rings (SSSR count). The van der Waals surface area contributed by atoms with Gasteiger partial charge in [-0.1, -0.05) is 84.9 Å². The Morgan fingerprint density at radius 3 is 1.56 bits per heavy atom. The summed E-state index contributed by atoms with van der Waals surface area (Å²) in [7, 11) is 0. The van der Waals surface area contributed by atoms with Crippen molar-refractivity contribution in [2.24, 2.45) is 0 Å². The molecular formula is C35H21N3S. The van der Waals surface area contributed by atoms with Gasteiger partial charge in [0, 0.05) is 11.8 Å². The number of nitriles is 1. The third-order valence-corrected chi connectivity index (χ3v) is 8.09. The average Bonchev–Trinajstić information content (AvgIpc) is 3.45. The first-order chi connectivity index (χ1) is 19.2. The number of fused-ring (bicyclic) bond motifs is 2. The molecule has 182 valence electrons. The van der Waals surface area contributed by atoms with Crippen LogP contribution < -0.4 is 0 Å². The quantitative estimate of drug-likeness (QED) is 0.235. The van der Waals surface area contributed by atoms with E-state index in [0.717, 1.165) is 32.0 Å². The van der Waals surface area contributed by atoms with Gasteiger partial charge in [-0.05, 0) is 80.6 Å². The lowest BCUT2D eigenvalue weighted by atomic mass is 9.96. The van der Waals surface area contributed by atoms with Crippen LogP contribution in [0.1, 0.15) is 5.56 Å². The highest BCUT2D eigenvalue weighted by Gasteiger charge is 2.08. The highest BCUT2D eigenvalue weighted by atomic mass is 32.1. The normalized spacial score (nSPS) is 11.1. The Morgan fingerprint density at radius 2 is 1.03 bits per heavy atom. The van der Waals surface area contributed by atoms with Crippen molar-refractivity contribution >= 4 is 32.5 Å². The Labute approximate surface area is 230 Å². The van der Waals surface area contributed by atoms with Crippen molar-refractivity contribution in [1.82, 2.24) is 9.97 Å². The van der Waals surface area contributed by atoms with Crippen LogP contribution in [0.5, 0.6) is 0 Å². The number of hydrogen-bond acceptors (Lipinski definition) is 4. The van der Waals surface area contributed by atoms with E-state index >= 15 is 0 Å². The summed E-state index contributed by atoms with van der Waals surface area (Å²) in [4.78, 5) is 9.04. The Hall–Kier alpha value is -5.11. The molecule has 0 aliphatic rings. The van der Waals surface area contributed by atoms with Crippen LogP contribution >= 0.6 is 11.3 Å². The minimum Gasteiger partial charge on any atom is -0.236 e. The minimum atomic E-state index is 0.675. The highest BCUT2D eigenvalue weighted by Crippen LogP contribution is 2.33. The Bertz CT molecular complexity index is 1960. The first kappa shape index (κ1) is 23.0. The maximum absolute atomic E-state index is 9.03. The molecule has 0 aliphatic heterocycles. The summed E-state index contributed by atoms with van der Waals surface area (Å²) >= 11 is 1.67. The maximum Gasteiger partial charge on any atom is 0.170 e. The fraction of sp³-hybridized carbons (Fsp3) is 0. The van der Waals surface area contributed by atoms with Crippen molar-refractivity contribution in [1.29, 1.82) is 5.26 Å². The van der Waals surface area contributed by atoms with E-state index in [0.29, 0.717) is 5.56 Å². The molecule has 5 aromatic carbocycles. The number of hydrogen-bond donors (Lipinski definition) is 0. The third kappa shape index (κ3) is 4.46. The summed E-state index contributed by atoms with van der Waals surface area (Å²) < 4.78 is 1.10. The van der Waals surface area contributed by atoms with Gasteiger partial charge in [0.05, 0.1) is 16.3 Å². The topological polar surface area (TPSA) is 49.6 Å². The molecule has 0 unspecified atom stereocenters. The standard InChI is InChI=1S/C35H21N3S/c36-22-23-3-5-24(6-4-23)25-7-9-26(10-8-25)29-15-17-32-21-30(16-18-31(32)20-29)27-11-13-28(14-12-27)35-38-34-33(39-35)2-1-19-37-34/h1-21H. The second-order valence-corrected chi connectivity index (χ2v) is 10.5. The molecular weight excluding hydrogens is 494 g/mol. The molecule has 0 N–H and O–H groups in total. The molecule has 0 saturated carbocycles. The molecule has 0 radical (unpaired) electrons. The van der Waals surface area contributed by atoms with Crippen molar-refractivity contribution in [3.8, 4) is 50.0 Å². The van der Waals surface area contributed by atoms with E-state index in [2.05, 4.69) is 107 Å². The molecule has 0 bridgehead atoms. The fourth-order valence-electron chi connectivity index (χ4n) is 4.89. The summed E-state index contributed by atoms with van der Waals surface area (Å²) in [6.07, 6.45) is 1.78. The van der Waals surface area contributed by atoms with Crippen LogP contribution in [-0.4, -0.2) is 9.97 Å². The van der Waals surface area contributed by atoms with E-state index < -0.39 is 0 Å². The van der Waals surface area contributed by atoms with Gasteiger partial charge in [0.2, 0.25) is 0 Å². The minimum absolute atomic E-state index is 0.675.